The Kier molecular flexibility index (Phi) is 3.66. The molecule has 1 aliphatic heterocycles. The van der Waals surface area contributed by atoms with Crippen molar-refractivity contribution in [3.63, 3.8) is 0 Å². The molecule has 0 bridgehead atoms. The molecule has 2 rings (SSSR count). The van der Waals surface area contributed by atoms with Crippen molar-refractivity contribution >= 4 is 11.5 Å². The maximum atomic E-state index is 9.01. The average molecular weight is 258 g/mol. The first-order valence-corrected chi connectivity index (χ1v) is 6.83. The Balaban J connectivity index is 2.13. The lowest BCUT2D eigenvalue weighted by Crippen LogP contribution is -2.38. The Labute approximate surface area is 115 Å². The zero-order valence-electron chi connectivity index (χ0n) is 12.0. The molecule has 0 saturated carbocycles. The molecule has 1 fully saturated rings. The summed E-state index contributed by atoms with van der Waals surface area (Å²) in [5, 5.41) is 9.01. The Hall–Kier alpha value is -1.76. The number of nitriles is 1. The Bertz CT molecular complexity index is 488. The number of pyridine rings is 1. The highest BCUT2D eigenvalue weighted by Gasteiger charge is 2.29. The van der Waals surface area contributed by atoms with Crippen LogP contribution in [0.3, 0.4) is 0 Å². The predicted octanol–water partition coefficient (Wildman–Crippen LogP) is 2.80. The van der Waals surface area contributed by atoms with Crippen LogP contribution in [0.4, 0.5) is 11.5 Å². The first kappa shape index (κ1) is 13.7. The van der Waals surface area contributed by atoms with Gasteiger partial charge in [-0.25, -0.2) is 4.98 Å². The summed E-state index contributed by atoms with van der Waals surface area (Å²) >= 11 is 0. The summed E-state index contributed by atoms with van der Waals surface area (Å²) in [6, 6.07) is 3.78. The minimum absolute atomic E-state index is 0.361. The maximum absolute atomic E-state index is 9.01. The Morgan fingerprint density at radius 2 is 2.00 bits per heavy atom. The van der Waals surface area contributed by atoms with Gasteiger partial charge >= 0.3 is 0 Å². The van der Waals surface area contributed by atoms with Crippen LogP contribution < -0.4 is 10.6 Å². The molecule has 1 aliphatic rings. The predicted molar refractivity (Wildman–Crippen MR) is 77.8 cm³/mol. The summed E-state index contributed by atoms with van der Waals surface area (Å²) in [6.45, 7) is 8.84. The molecule has 1 aromatic rings. The smallest absolute Gasteiger partial charge is 0.153 e. The standard InChI is InChI=1S/C15H22N4/c1-15(2,3)12-5-8-19(9-6-12)14-13(17)11(10-16)4-7-18-14/h4,7,12H,5-6,8-9,17H2,1-3H3. The van der Waals surface area contributed by atoms with Crippen LogP contribution in [0.25, 0.3) is 0 Å². The van der Waals surface area contributed by atoms with E-state index in [-0.39, 0.29) is 0 Å². The topological polar surface area (TPSA) is 65.9 Å². The lowest BCUT2D eigenvalue weighted by Gasteiger charge is -2.39. The minimum Gasteiger partial charge on any atom is -0.395 e. The molecule has 19 heavy (non-hydrogen) atoms. The lowest BCUT2D eigenvalue weighted by atomic mass is 9.75. The van der Waals surface area contributed by atoms with Crippen molar-refractivity contribution in [1.82, 2.24) is 4.98 Å². The summed E-state index contributed by atoms with van der Waals surface area (Å²) in [5.74, 6) is 1.51. The number of piperidine rings is 1. The zero-order chi connectivity index (χ0) is 14.0. The van der Waals surface area contributed by atoms with Crippen LogP contribution in [0.2, 0.25) is 0 Å². The summed E-state index contributed by atoms with van der Waals surface area (Å²) < 4.78 is 0. The van der Waals surface area contributed by atoms with E-state index < -0.39 is 0 Å². The fraction of sp³-hybridized carbons (Fsp3) is 0.600. The molecule has 1 aromatic heterocycles. The second-order valence-corrected chi connectivity index (χ2v) is 6.33. The number of hydrogen-bond donors (Lipinski definition) is 1. The molecule has 102 valence electrons. The van der Waals surface area contributed by atoms with Gasteiger partial charge in [0.05, 0.1) is 11.3 Å². The third-order valence-electron chi connectivity index (χ3n) is 4.11. The molecule has 2 N–H and O–H groups in total. The number of anilines is 2. The normalized spacial score (nSPS) is 17.3. The molecule has 0 spiro atoms. The van der Waals surface area contributed by atoms with E-state index in [1.165, 1.54) is 0 Å². The average Bonchev–Trinajstić information content (AvgIpc) is 2.38. The van der Waals surface area contributed by atoms with Crippen LogP contribution in [-0.4, -0.2) is 18.1 Å². The van der Waals surface area contributed by atoms with E-state index in [1.54, 1.807) is 12.3 Å². The van der Waals surface area contributed by atoms with Gasteiger partial charge in [-0.1, -0.05) is 20.8 Å². The molecule has 1 saturated heterocycles. The van der Waals surface area contributed by atoms with Crippen molar-refractivity contribution < 1.29 is 0 Å². The van der Waals surface area contributed by atoms with E-state index in [0.29, 0.717) is 16.7 Å². The van der Waals surface area contributed by atoms with Crippen LogP contribution >= 0.6 is 0 Å². The van der Waals surface area contributed by atoms with Crippen LogP contribution in [0.5, 0.6) is 0 Å². The van der Waals surface area contributed by atoms with E-state index >= 15 is 0 Å². The number of aromatic nitrogens is 1. The van der Waals surface area contributed by atoms with Gasteiger partial charge in [0.2, 0.25) is 0 Å². The number of rotatable bonds is 1. The monoisotopic (exact) mass is 258 g/mol. The molecule has 0 amide bonds. The van der Waals surface area contributed by atoms with Crippen LogP contribution in [0.1, 0.15) is 39.2 Å². The van der Waals surface area contributed by atoms with E-state index in [0.717, 1.165) is 37.7 Å². The Morgan fingerprint density at radius 1 is 1.37 bits per heavy atom. The lowest BCUT2D eigenvalue weighted by molar-refractivity contribution is 0.199. The molecular formula is C15H22N4. The summed E-state index contributed by atoms with van der Waals surface area (Å²) in [4.78, 5) is 6.55. The molecular weight excluding hydrogens is 236 g/mol. The summed E-state index contributed by atoms with van der Waals surface area (Å²) in [6.07, 6.45) is 3.98. The van der Waals surface area contributed by atoms with Crippen molar-refractivity contribution in [2.75, 3.05) is 23.7 Å². The third kappa shape index (κ3) is 2.81. The van der Waals surface area contributed by atoms with Gasteiger partial charge in [-0.15, -0.1) is 0 Å². The van der Waals surface area contributed by atoms with Gasteiger partial charge in [0.25, 0.3) is 0 Å². The fourth-order valence-electron chi connectivity index (χ4n) is 2.77. The first-order chi connectivity index (χ1) is 8.93. The van der Waals surface area contributed by atoms with Crippen molar-refractivity contribution in [3.8, 4) is 6.07 Å². The molecule has 0 radical (unpaired) electrons. The van der Waals surface area contributed by atoms with E-state index in [2.05, 4.69) is 36.7 Å². The SMILES string of the molecule is CC(C)(C)C1CCN(c2nccc(C#N)c2N)CC1. The highest BCUT2D eigenvalue weighted by Crippen LogP contribution is 2.36. The van der Waals surface area contributed by atoms with Crippen molar-refractivity contribution in [2.24, 2.45) is 11.3 Å². The molecule has 4 nitrogen and oxygen atoms in total. The van der Waals surface area contributed by atoms with Crippen molar-refractivity contribution in [1.29, 1.82) is 5.26 Å². The largest absolute Gasteiger partial charge is 0.395 e. The van der Waals surface area contributed by atoms with Crippen LogP contribution in [0.15, 0.2) is 12.3 Å². The van der Waals surface area contributed by atoms with Gasteiger partial charge in [0.15, 0.2) is 5.82 Å². The van der Waals surface area contributed by atoms with E-state index in [4.69, 9.17) is 11.0 Å². The zero-order valence-corrected chi connectivity index (χ0v) is 12.0. The molecule has 0 aromatic carbocycles. The summed E-state index contributed by atoms with van der Waals surface area (Å²) in [7, 11) is 0. The number of nitrogens with two attached hydrogens (primary N) is 1. The van der Waals surface area contributed by atoms with Gasteiger partial charge in [-0.2, -0.15) is 5.26 Å². The molecule has 0 unspecified atom stereocenters. The quantitative estimate of drug-likeness (QED) is 0.841. The molecule has 4 heteroatoms. The third-order valence-corrected chi connectivity index (χ3v) is 4.11. The van der Waals surface area contributed by atoms with Gasteiger partial charge in [-0.3, -0.25) is 0 Å². The van der Waals surface area contributed by atoms with Crippen molar-refractivity contribution in [3.05, 3.63) is 17.8 Å². The number of hydrogen-bond acceptors (Lipinski definition) is 4. The highest BCUT2D eigenvalue weighted by molar-refractivity contribution is 5.70. The van der Waals surface area contributed by atoms with E-state index in [1.807, 2.05) is 0 Å². The van der Waals surface area contributed by atoms with Gasteiger partial charge < -0.3 is 10.6 Å². The highest BCUT2D eigenvalue weighted by atomic mass is 15.2. The first-order valence-electron chi connectivity index (χ1n) is 6.83. The molecule has 2 heterocycles. The Morgan fingerprint density at radius 3 is 2.53 bits per heavy atom. The van der Waals surface area contributed by atoms with Gasteiger partial charge in [0, 0.05) is 19.3 Å². The van der Waals surface area contributed by atoms with Gasteiger partial charge in [0.1, 0.15) is 6.07 Å². The van der Waals surface area contributed by atoms with Gasteiger partial charge in [-0.05, 0) is 30.2 Å². The second-order valence-electron chi connectivity index (χ2n) is 6.33. The number of nitrogen functional groups attached to an aromatic ring is 1. The minimum atomic E-state index is 0.361. The molecule has 0 aliphatic carbocycles. The van der Waals surface area contributed by atoms with Crippen molar-refractivity contribution in [2.45, 2.75) is 33.6 Å². The van der Waals surface area contributed by atoms with E-state index in [9.17, 15) is 0 Å². The molecule has 0 atom stereocenters. The van der Waals surface area contributed by atoms with Crippen LogP contribution in [-0.2, 0) is 0 Å². The fourth-order valence-corrected chi connectivity index (χ4v) is 2.77. The second kappa shape index (κ2) is 5.08. The van der Waals surface area contributed by atoms with Crippen LogP contribution in [0, 0.1) is 22.7 Å². The maximum Gasteiger partial charge on any atom is 0.153 e. The number of nitrogens with zero attached hydrogens (tertiary/aromatic N) is 3. The summed E-state index contributed by atoms with van der Waals surface area (Å²) in [5.41, 5.74) is 7.41.